The summed E-state index contributed by atoms with van der Waals surface area (Å²) in [6.45, 7) is 11.9. The second-order valence-corrected chi connectivity index (χ2v) is 8.33. The molecule has 0 radical (unpaired) electrons. The van der Waals surface area contributed by atoms with Crippen molar-refractivity contribution in [2.45, 2.75) is 39.4 Å². The van der Waals surface area contributed by atoms with E-state index >= 15 is 0 Å². The molecule has 2 aliphatic heterocycles. The summed E-state index contributed by atoms with van der Waals surface area (Å²) in [6, 6.07) is 8.43. The average molecular weight is 375 g/mol. The van der Waals surface area contributed by atoms with Crippen molar-refractivity contribution in [3.63, 3.8) is 0 Å². The van der Waals surface area contributed by atoms with Gasteiger partial charge in [-0.2, -0.15) is 0 Å². The van der Waals surface area contributed by atoms with Gasteiger partial charge < -0.3 is 15.8 Å². The molecule has 6 nitrogen and oxygen atoms in total. The van der Waals surface area contributed by atoms with Gasteiger partial charge in [-0.25, -0.2) is 0 Å². The van der Waals surface area contributed by atoms with Gasteiger partial charge in [-0.15, -0.1) is 0 Å². The fourth-order valence-electron chi connectivity index (χ4n) is 3.84. The van der Waals surface area contributed by atoms with Gasteiger partial charge in [0, 0.05) is 32.7 Å². The zero-order valence-electron chi connectivity index (χ0n) is 16.7. The Morgan fingerprint density at radius 1 is 1.22 bits per heavy atom. The lowest BCUT2D eigenvalue weighted by Crippen LogP contribution is -2.45. The highest BCUT2D eigenvalue weighted by molar-refractivity contribution is 5.81. The van der Waals surface area contributed by atoms with Gasteiger partial charge in [-0.05, 0) is 43.0 Å². The molecule has 2 aliphatic rings. The van der Waals surface area contributed by atoms with Crippen molar-refractivity contribution in [2.24, 2.45) is 11.1 Å². The summed E-state index contributed by atoms with van der Waals surface area (Å²) in [5.41, 5.74) is 8.46. The number of hydrogen-bond donors (Lipinski definition) is 2. The molecule has 6 heteroatoms. The number of benzene rings is 1. The molecule has 150 valence electrons. The van der Waals surface area contributed by atoms with Crippen LogP contribution >= 0.6 is 0 Å². The van der Waals surface area contributed by atoms with Crippen LogP contribution in [0.5, 0.6) is 0 Å². The van der Waals surface area contributed by atoms with Crippen LogP contribution in [0, 0.1) is 5.41 Å². The highest BCUT2D eigenvalue weighted by atomic mass is 16.5. The molecular weight excluding hydrogens is 340 g/mol. The standard InChI is InChI=1S/C21H34N4O2/c1-17(25-8-7-21(2,15-22)16-25)20(26)23-13-18-3-5-19(6-4-18)14-24-9-11-27-12-10-24/h3-6,17H,7-16,22H2,1-2H3,(H,23,26). The van der Waals surface area contributed by atoms with E-state index < -0.39 is 0 Å². The molecule has 3 rings (SSSR count). The first-order valence-corrected chi connectivity index (χ1v) is 10.1. The van der Waals surface area contributed by atoms with E-state index in [0.29, 0.717) is 13.1 Å². The number of nitrogens with one attached hydrogen (secondary N) is 1. The first-order chi connectivity index (χ1) is 13.0. The molecule has 0 spiro atoms. The Balaban J connectivity index is 1.44. The number of ether oxygens (including phenoxy) is 1. The fraction of sp³-hybridized carbons (Fsp3) is 0.667. The van der Waals surface area contributed by atoms with Gasteiger partial charge in [0.15, 0.2) is 0 Å². The van der Waals surface area contributed by atoms with E-state index in [-0.39, 0.29) is 17.4 Å². The molecule has 1 aromatic carbocycles. The molecule has 1 aromatic rings. The van der Waals surface area contributed by atoms with E-state index in [1.807, 2.05) is 6.92 Å². The average Bonchev–Trinajstić information content (AvgIpc) is 3.10. The molecule has 0 saturated carbocycles. The third-order valence-corrected chi connectivity index (χ3v) is 6.01. The second-order valence-electron chi connectivity index (χ2n) is 8.33. The predicted octanol–water partition coefficient (Wildman–Crippen LogP) is 1.19. The molecule has 0 bridgehead atoms. The molecular formula is C21H34N4O2. The summed E-state index contributed by atoms with van der Waals surface area (Å²) in [5, 5.41) is 3.08. The van der Waals surface area contributed by atoms with Crippen LogP contribution in [-0.2, 0) is 22.6 Å². The largest absolute Gasteiger partial charge is 0.379 e. The third kappa shape index (κ3) is 5.51. The minimum atomic E-state index is -0.112. The molecule has 27 heavy (non-hydrogen) atoms. The van der Waals surface area contributed by atoms with Gasteiger partial charge in [0.2, 0.25) is 5.91 Å². The second kappa shape index (κ2) is 9.15. The maximum atomic E-state index is 12.5. The number of carbonyl (C=O) groups excluding carboxylic acids is 1. The van der Waals surface area contributed by atoms with Crippen LogP contribution in [0.1, 0.15) is 31.4 Å². The van der Waals surface area contributed by atoms with Gasteiger partial charge in [0.05, 0.1) is 19.3 Å². The SMILES string of the molecule is CC(C(=O)NCc1ccc(CN2CCOCC2)cc1)N1CCC(C)(CN)C1. The molecule has 2 fully saturated rings. The van der Waals surface area contributed by atoms with Gasteiger partial charge in [-0.1, -0.05) is 31.2 Å². The van der Waals surface area contributed by atoms with Crippen molar-refractivity contribution < 1.29 is 9.53 Å². The Bertz CT molecular complexity index is 615. The van der Waals surface area contributed by atoms with E-state index in [1.165, 1.54) is 5.56 Å². The van der Waals surface area contributed by atoms with Crippen LogP contribution in [0.2, 0.25) is 0 Å². The Hall–Kier alpha value is -1.47. The third-order valence-electron chi connectivity index (χ3n) is 6.01. The topological polar surface area (TPSA) is 70.8 Å². The van der Waals surface area contributed by atoms with Crippen molar-refractivity contribution in [3.8, 4) is 0 Å². The molecule has 2 heterocycles. The monoisotopic (exact) mass is 374 g/mol. The lowest BCUT2D eigenvalue weighted by Gasteiger charge is -2.27. The van der Waals surface area contributed by atoms with E-state index in [1.54, 1.807) is 0 Å². The molecule has 2 atom stereocenters. The van der Waals surface area contributed by atoms with Crippen LogP contribution in [0.25, 0.3) is 0 Å². The van der Waals surface area contributed by atoms with Gasteiger partial charge in [0.25, 0.3) is 0 Å². The summed E-state index contributed by atoms with van der Waals surface area (Å²) in [7, 11) is 0. The quantitative estimate of drug-likeness (QED) is 0.750. The van der Waals surface area contributed by atoms with Gasteiger partial charge in [0.1, 0.15) is 0 Å². The maximum Gasteiger partial charge on any atom is 0.237 e. The van der Waals surface area contributed by atoms with E-state index in [9.17, 15) is 4.79 Å². The highest BCUT2D eigenvalue weighted by Gasteiger charge is 2.36. The van der Waals surface area contributed by atoms with Crippen LogP contribution in [-0.4, -0.2) is 67.7 Å². The summed E-state index contributed by atoms with van der Waals surface area (Å²) >= 11 is 0. The number of hydrogen-bond acceptors (Lipinski definition) is 5. The van der Waals surface area contributed by atoms with E-state index in [2.05, 4.69) is 46.3 Å². The number of carbonyl (C=O) groups is 1. The molecule has 1 amide bonds. The number of rotatable bonds is 7. The minimum absolute atomic E-state index is 0.0914. The zero-order chi connectivity index (χ0) is 19.3. The number of nitrogens with zero attached hydrogens (tertiary/aromatic N) is 2. The van der Waals surface area contributed by atoms with E-state index in [0.717, 1.165) is 57.9 Å². The minimum Gasteiger partial charge on any atom is -0.379 e. The molecule has 2 saturated heterocycles. The van der Waals surface area contributed by atoms with Gasteiger partial charge >= 0.3 is 0 Å². The van der Waals surface area contributed by atoms with Crippen molar-refractivity contribution >= 4 is 5.91 Å². The first kappa shape index (κ1) is 20.3. The molecule has 2 unspecified atom stereocenters. The van der Waals surface area contributed by atoms with Crippen LogP contribution < -0.4 is 11.1 Å². The molecule has 3 N–H and O–H groups in total. The normalized spacial score (nSPS) is 25.4. The summed E-state index contributed by atoms with van der Waals surface area (Å²) in [5.74, 6) is 0.0914. The summed E-state index contributed by atoms with van der Waals surface area (Å²) in [6.07, 6.45) is 1.06. The van der Waals surface area contributed by atoms with Crippen molar-refractivity contribution in [1.29, 1.82) is 0 Å². The van der Waals surface area contributed by atoms with Crippen LogP contribution in [0.15, 0.2) is 24.3 Å². The van der Waals surface area contributed by atoms with E-state index in [4.69, 9.17) is 10.5 Å². The van der Waals surface area contributed by atoms with Crippen molar-refractivity contribution in [3.05, 3.63) is 35.4 Å². The number of morpholine rings is 1. The Morgan fingerprint density at radius 3 is 2.52 bits per heavy atom. The number of likely N-dealkylation sites (tertiary alicyclic amines) is 1. The molecule has 0 aromatic heterocycles. The highest BCUT2D eigenvalue weighted by Crippen LogP contribution is 2.29. The Labute approximate surface area is 163 Å². The Kier molecular flexibility index (Phi) is 6.87. The van der Waals surface area contributed by atoms with Crippen molar-refractivity contribution in [1.82, 2.24) is 15.1 Å². The zero-order valence-corrected chi connectivity index (χ0v) is 16.7. The smallest absolute Gasteiger partial charge is 0.237 e. The summed E-state index contributed by atoms with van der Waals surface area (Å²) < 4.78 is 5.39. The predicted molar refractivity (Wildman–Crippen MR) is 107 cm³/mol. The lowest BCUT2D eigenvalue weighted by molar-refractivity contribution is -0.125. The fourth-order valence-corrected chi connectivity index (χ4v) is 3.84. The first-order valence-electron chi connectivity index (χ1n) is 10.1. The van der Waals surface area contributed by atoms with Crippen LogP contribution in [0.4, 0.5) is 0 Å². The Morgan fingerprint density at radius 2 is 1.89 bits per heavy atom. The molecule has 0 aliphatic carbocycles. The maximum absolute atomic E-state index is 12.5. The van der Waals surface area contributed by atoms with Crippen molar-refractivity contribution in [2.75, 3.05) is 45.9 Å². The number of nitrogens with two attached hydrogens (primary N) is 1. The summed E-state index contributed by atoms with van der Waals surface area (Å²) in [4.78, 5) is 17.2. The van der Waals surface area contributed by atoms with Crippen LogP contribution in [0.3, 0.4) is 0 Å². The van der Waals surface area contributed by atoms with Gasteiger partial charge in [-0.3, -0.25) is 14.6 Å². The lowest BCUT2D eigenvalue weighted by atomic mass is 9.90. The number of amides is 1.